The number of nitrogens with zero attached hydrogens (tertiary/aromatic N) is 3. The van der Waals surface area contributed by atoms with Crippen LogP contribution in [0.2, 0.25) is 0 Å². The van der Waals surface area contributed by atoms with E-state index < -0.39 is 0 Å². The van der Waals surface area contributed by atoms with Crippen LogP contribution in [0.5, 0.6) is 11.5 Å². The molecule has 2 aromatic carbocycles. The number of anilines is 1. The largest absolute Gasteiger partial charge is 0.497 e. The number of hydrogen-bond donors (Lipinski definition) is 1. The summed E-state index contributed by atoms with van der Waals surface area (Å²) in [6.07, 6.45) is 1.77. The molecule has 1 N–H and O–H groups in total. The van der Waals surface area contributed by atoms with Crippen molar-refractivity contribution >= 4 is 28.8 Å². The molecule has 0 spiro atoms. The highest BCUT2D eigenvalue weighted by Gasteiger charge is 2.28. The quantitative estimate of drug-likeness (QED) is 0.589. The molecule has 1 aliphatic rings. The number of ether oxygens (including phenoxy) is 2. The maximum atomic E-state index is 12.7. The van der Waals surface area contributed by atoms with Crippen molar-refractivity contribution in [3.05, 3.63) is 64.6 Å². The third kappa shape index (κ3) is 5.42. The number of carbonyl (C=O) groups excluding carboxylic acids is 2. The second-order valence-electron chi connectivity index (χ2n) is 7.41. The molecule has 32 heavy (non-hydrogen) atoms. The molecule has 8 nitrogen and oxygen atoms in total. The molecule has 2 amide bonds. The van der Waals surface area contributed by atoms with Crippen LogP contribution in [0.3, 0.4) is 0 Å². The zero-order chi connectivity index (χ0) is 22.3. The minimum absolute atomic E-state index is 0.0279. The van der Waals surface area contributed by atoms with Crippen molar-refractivity contribution in [2.45, 2.75) is 18.8 Å². The normalized spacial score (nSPS) is 15.8. The Balaban J connectivity index is 1.32. The summed E-state index contributed by atoms with van der Waals surface area (Å²) in [5, 5.41) is 12.2. The van der Waals surface area contributed by atoms with E-state index in [1.807, 2.05) is 30.3 Å². The van der Waals surface area contributed by atoms with E-state index in [4.69, 9.17) is 9.47 Å². The smallest absolute Gasteiger partial charge is 0.286 e. The first-order valence-electron chi connectivity index (χ1n) is 10.4. The molecule has 3 aromatic rings. The lowest BCUT2D eigenvalue weighted by Crippen LogP contribution is -2.41. The zero-order valence-electron chi connectivity index (χ0n) is 17.7. The van der Waals surface area contributed by atoms with E-state index in [0.29, 0.717) is 29.5 Å². The Morgan fingerprint density at radius 2 is 1.84 bits per heavy atom. The lowest BCUT2D eigenvalue weighted by Gasteiger charge is -2.31. The van der Waals surface area contributed by atoms with Gasteiger partial charge in [-0.15, -0.1) is 10.2 Å². The lowest BCUT2D eigenvalue weighted by molar-refractivity contribution is -0.134. The summed E-state index contributed by atoms with van der Waals surface area (Å²) in [5.41, 5.74) is 0.709. The second-order valence-corrected chi connectivity index (χ2v) is 8.42. The summed E-state index contributed by atoms with van der Waals surface area (Å²) in [4.78, 5) is 26.9. The molecule has 0 unspecified atom stereocenters. The van der Waals surface area contributed by atoms with E-state index in [1.165, 1.54) is 11.3 Å². The number of aromatic nitrogens is 2. The van der Waals surface area contributed by atoms with E-state index in [2.05, 4.69) is 15.5 Å². The van der Waals surface area contributed by atoms with Crippen LogP contribution in [-0.4, -0.2) is 53.7 Å². The topological polar surface area (TPSA) is 93.7 Å². The summed E-state index contributed by atoms with van der Waals surface area (Å²) in [6, 6.07) is 16.4. The summed E-state index contributed by atoms with van der Waals surface area (Å²) in [5.74, 6) is 1.06. The fraction of sp³-hybridized carbons (Fsp3) is 0.304. The van der Waals surface area contributed by atoms with Crippen molar-refractivity contribution in [2.75, 3.05) is 32.1 Å². The Morgan fingerprint density at radius 3 is 2.59 bits per heavy atom. The average Bonchev–Trinajstić information content (AvgIpc) is 3.34. The van der Waals surface area contributed by atoms with Crippen molar-refractivity contribution in [1.82, 2.24) is 15.1 Å². The number of likely N-dealkylation sites (tertiary alicyclic amines) is 1. The van der Waals surface area contributed by atoms with E-state index in [1.54, 1.807) is 36.3 Å². The second kappa shape index (κ2) is 10.2. The number of para-hydroxylation sites is 1. The Kier molecular flexibility index (Phi) is 6.96. The van der Waals surface area contributed by atoms with Gasteiger partial charge in [0, 0.05) is 24.7 Å². The minimum atomic E-state index is -0.281. The number of rotatable bonds is 7. The number of nitrogens with one attached hydrogen (secondary N) is 1. The highest BCUT2D eigenvalue weighted by molar-refractivity contribution is 7.13. The van der Waals surface area contributed by atoms with Crippen molar-refractivity contribution in [3.8, 4) is 11.5 Å². The van der Waals surface area contributed by atoms with Crippen LogP contribution in [0.25, 0.3) is 0 Å². The fourth-order valence-electron chi connectivity index (χ4n) is 3.51. The van der Waals surface area contributed by atoms with Crippen molar-refractivity contribution in [1.29, 1.82) is 0 Å². The van der Waals surface area contributed by atoms with Crippen LogP contribution >= 0.6 is 11.3 Å². The molecule has 166 valence electrons. The number of benzene rings is 2. The molecule has 0 aliphatic carbocycles. The molecular weight excluding hydrogens is 428 g/mol. The van der Waals surface area contributed by atoms with Gasteiger partial charge in [-0.3, -0.25) is 9.59 Å². The van der Waals surface area contributed by atoms with Crippen molar-refractivity contribution in [3.63, 3.8) is 0 Å². The van der Waals surface area contributed by atoms with E-state index in [0.717, 1.165) is 23.6 Å². The standard InChI is InChI=1S/C23H24N4O4S/c1-30-18-9-11-19(12-10-18)31-15-20(28)27-13-5-6-16(14-27)22-25-26-23(32-22)21(29)24-17-7-3-2-4-8-17/h2-4,7-12,16H,5-6,13-15H2,1H3,(H,24,29)/t16-/m0/s1. The zero-order valence-corrected chi connectivity index (χ0v) is 18.5. The van der Waals surface area contributed by atoms with E-state index in [9.17, 15) is 9.59 Å². The molecule has 1 fully saturated rings. The number of hydrogen-bond acceptors (Lipinski definition) is 7. The highest BCUT2D eigenvalue weighted by Crippen LogP contribution is 2.29. The van der Waals surface area contributed by atoms with Crippen LogP contribution in [0, 0.1) is 0 Å². The molecule has 0 saturated carbocycles. The Labute approximate surface area is 190 Å². The van der Waals surface area contributed by atoms with Crippen LogP contribution in [0.15, 0.2) is 54.6 Å². The predicted octanol–water partition coefficient (Wildman–Crippen LogP) is 3.58. The van der Waals surface area contributed by atoms with Gasteiger partial charge in [0.2, 0.25) is 5.01 Å². The van der Waals surface area contributed by atoms with Gasteiger partial charge in [0.25, 0.3) is 11.8 Å². The third-order valence-electron chi connectivity index (χ3n) is 5.21. The maximum absolute atomic E-state index is 12.7. The summed E-state index contributed by atoms with van der Waals surface area (Å²) in [7, 11) is 1.60. The summed E-state index contributed by atoms with van der Waals surface area (Å²) in [6.45, 7) is 1.20. The van der Waals surface area contributed by atoms with Crippen LogP contribution < -0.4 is 14.8 Å². The lowest BCUT2D eigenvalue weighted by atomic mass is 9.99. The fourth-order valence-corrected chi connectivity index (χ4v) is 4.38. The van der Waals surface area contributed by atoms with Crippen molar-refractivity contribution < 1.29 is 19.1 Å². The first kappa shape index (κ1) is 21.8. The molecular formula is C23H24N4O4S. The first-order valence-corrected chi connectivity index (χ1v) is 11.2. The molecule has 1 aromatic heterocycles. The summed E-state index contributed by atoms with van der Waals surface area (Å²) < 4.78 is 10.8. The average molecular weight is 453 g/mol. The first-order chi connectivity index (χ1) is 15.6. The molecule has 2 heterocycles. The molecule has 1 saturated heterocycles. The summed E-state index contributed by atoms with van der Waals surface area (Å²) >= 11 is 1.28. The van der Waals surface area contributed by atoms with E-state index in [-0.39, 0.29) is 24.3 Å². The van der Waals surface area contributed by atoms with Gasteiger partial charge in [-0.1, -0.05) is 29.5 Å². The van der Waals surface area contributed by atoms with E-state index >= 15 is 0 Å². The number of methoxy groups -OCH3 is 1. The Bertz CT molecular complexity index is 1060. The van der Waals surface area contributed by atoms with Crippen LogP contribution in [0.1, 0.15) is 33.6 Å². The molecule has 9 heteroatoms. The molecule has 4 rings (SSSR count). The van der Waals surface area contributed by atoms with Crippen LogP contribution in [-0.2, 0) is 4.79 Å². The van der Waals surface area contributed by atoms with Crippen LogP contribution in [0.4, 0.5) is 5.69 Å². The SMILES string of the molecule is COc1ccc(OCC(=O)N2CCC[C@H](c3nnc(C(=O)Nc4ccccc4)s3)C2)cc1. The Hall–Kier alpha value is -3.46. The van der Waals surface area contributed by atoms with Gasteiger partial charge in [-0.05, 0) is 49.2 Å². The van der Waals surface area contributed by atoms with Gasteiger partial charge in [-0.2, -0.15) is 0 Å². The van der Waals surface area contributed by atoms with Gasteiger partial charge in [0.05, 0.1) is 7.11 Å². The predicted molar refractivity (Wildman–Crippen MR) is 121 cm³/mol. The molecule has 1 atom stereocenters. The van der Waals surface area contributed by atoms with Crippen molar-refractivity contribution in [2.24, 2.45) is 0 Å². The van der Waals surface area contributed by atoms with Gasteiger partial charge in [-0.25, -0.2) is 0 Å². The maximum Gasteiger partial charge on any atom is 0.286 e. The molecule has 0 radical (unpaired) electrons. The molecule has 0 bridgehead atoms. The monoisotopic (exact) mass is 452 g/mol. The Morgan fingerprint density at radius 1 is 1.09 bits per heavy atom. The number of carbonyl (C=O) groups is 2. The highest BCUT2D eigenvalue weighted by atomic mass is 32.1. The van der Waals surface area contributed by atoms with Gasteiger partial charge in [0.15, 0.2) is 6.61 Å². The minimum Gasteiger partial charge on any atom is -0.497 e. The number of piperidine rings is 1. The van der Waals surface area contributed by atoms with Gasteiger partial charge < -0.3 is 19.7 Å². The third-order valence-corrected chi connectivity index (χ3v) is 6.30. The van der Waals surface area contributed by atoms with Gasteiger partial charge >= 0.3 is 0 Å². The number of amides is 2. The van der Waals surface area contributed by atoms with Gasteiger partial charge in [0.1, 0.15) is 16.5 Å². The molecule has 1 aliphatic heterocycles.